The van der Waals surface area contributed by atoms with E-state index >= 15 is 0 Å². The van der Waals surface area contributed by atoms with Gasteiger partial charge in [-0.05, 0) is 55.6 Å². The van der Waals surface area contributed by atoms with E-state index in [2.05, 4.69) is 26.4 Å². The number of anilines is 1. The molecule has 10 heteroatoms. The van der Waals surface area contributed by atoms with Crippen LogP contribution in [-0.4, -0.2) is 20.5 Å². The molecule has 7 nitrogen and oxygen atoms in total. The fourth-order valence-electron chi connectivity index (χ4n) is 1.76. The third-order valence-electron chi connectivity index (χ3n) is 2.93. The second-order valence-electron chi connectivity index (χ2n) is 4.72. The SMILES string of the molecule is C/C(NNC(=S)/N=N/C(=S)Nc1ccccc1Cl)=C1/C=CC=CN1O. The number of halogens is 1. The Hall–Kier alpha value is -2.33. The Bertz CT molecular complexity index is 790. The standard InChI is InChI=1S/C15H15ClN6OS2/c1-10(13-8-4-5-9-22(13)23)18-20-15(25)21-19-14(24)17-12-7-3-2-6-11(12)16/h2-9,18,23H,1H3,(H,17,24)(H,20,25)/b13-10+,21-19+. The maximum atomic E-state index is 9.70. The Labute approximate surface area is 160 Å². The number of nitrogens with one attached hydrogen (secondary N) is 3. The van der Waals surface area contributed by atoms with E-state index in [1.807, 2.05) is 12.1 Å². The number of hydrogen-bond donors (Lipinski definition) is 4. The van der Waals surface area contributed by atoms with Crippen molar-refractivity contribution in [3.63, 3.8) is 0 Å². The van der Waals surface area contributed by atoms with E-state index in [4.69, 9.17) is 36.0 Å². The zero-order valence-corrected chi connectivity index (χ0v) is 15.5. The summed E-state index contributed by atoms with van der Waals surface area (Å²) in [4.78, 5) is 0. The number of rotatable bonds is 3. The van der Waals surface area contributed by atoms with Crippen molar-refractivity contribution in [2.45, 2.75) is 6.92 Å². The normalized spacial score (nSPS) is 15.2. The lowest BCUT2D eigenvalue weighted by molar-refractivity contribution is -0.00193. The van der Waals surface area contributed by atoms with Gasteiger partial charge in [0.25, 0.3) is 0 Å². The van der Waals surface area contributed by atoms with Crippen LogP contribution in [0, 0.1) is 0 Å². The molecule has 4 N–H and O–H groups in total. The molecule has 0 aliphatic carbocycles. The molecule has 0 saturated carbocycles. The third-order valence-corrected chi connectivity index (χ3v) is 3.62. The molecule has 0 bridgehead atoms. The number of para-hydroxylation sites is 1. The topological polar surface area (TPSA) is 84.3 Å². The number of azo groups is 1. The maximum absolute atomic E-state index is 9.70. The van der Waals surface area contributed by atoms with Crippen molar-refractivity contribution in [1.82, 2.24) is 15.9 Å². The first kappa shape index (κ1) is 19.0. The molecular weight excluding hydrogens is 380 g/mol. The first-order valence-electron chi connectivity index (χ1n) is 7.04. The maximum Gasteiger partial charge on any atom is 0.232 e. The average molecular weight is 395 g/mol. The molecule has 0 amide bonds. The van der Waals surface area contributed by atoms with Gasteiger partial charge in [0.05, 0.1) is 22.1 Å². The molecule has 1 aliphatic rings. The fourth-order valence-corrected chi connectivity index (χ4v) is 2.19. The summed E-state index contributed by atoms with van der Waals surface area (Å²) >= 11 is 16.1. The molecule has 1 aliphatic heterocycles. The number of allylic oxidation sites excluding steroid dienone is 4. The van der Waals surface area contributed by atoms with Crippen LogP contribution in [-0.2, 0) is 0 Å². The molecule has 1 aromatic carbocycles. The minimum Gasteiger partial charge on any atom is -0.328 e. The molecular formula is C15H15ClN6OS2. The summed E-state index contributed by atoms with van der Waals surface area (Å²) in [7, 11) is 0. The van der Waals surface area contributed by atoms with Gasteiger partial charge in [0.1, 0.15) is 0 Å². The zero-order chi connectivity index (χ0) is 18.2. The molecule has 0 atom stereocenters. The molecule has 0 aromatic heterocycles. The van der Waals surface area contributed by atoms with Crippen LogP contribution in [0.25, 0.3) is 0 Å². The van der Waals surface area contributed by atoms with E-state index in [0.29, 0.717) is 22.1 Å². The third kappa shape index (κ3) is 5.91. The van der Waals surface area contributed by atoms with E-state index in [0.717, 1.165) is 5.06 Å². The predicted octanol–water partition coefficient (Wildman–Crippen LogP) is 3.87. The van der Waals surface area contributed by atoms with Gasteiger partial charge in [-0.3, -0.25) is 10.6 Å². The van der Waals surface area contributed by atoms with Crippen molar-refractivity contribution in [2.24, 2.45) is 10.2 Å². The number of thiocarbonyl (C=S) groups is 2. The predicted molar refractivity (Wildman–Crippen MR) is 106 cm³/mol. The minimum atomic E-state index is 0.0723. The summed E-state index contributed by atoms with van der Waals surface area (Å²) in [5, 5.41) is 21.9. The lowest BCUT2D eigenvalue weighted by atomic mass is 10.2. The quantitative estimate of drug-likeness (QED) is 0.352. The highest BCUT2D eigenvalue weighted by atomic mass is 35.5. The summed E-state index contributed by atoms with van der Waals surface area (Å²) in [6, 6.07) is 7.13. The number of nitrogens with zero attached hydrogens (tertiary/aromatic N) is 3. The van der Waals surface area contributed by atoms with E-state index in [9.17, 15) is 5.21 Å². The average Bonchev–Trinajstić information content (AvgIpc) is 2.60. The minimum absolute atomic E-state index is 0.0723. The van der Waals surface area contributed by atoms with Crippen molar-refractivity contribution >= 4 is 51.9 Å². The largest absolute Gasteiger partial charge is 0.328 e. The summed E-state index contributed by atoms with van der Waals surface area (Å²) in [5.41, 5.74) is 7.34. The van der Waals surface area contributed by atoms with Gasteiger partial charge >= 0.3 is 0 Å². The Morgan fingerprint density at radius 2 is 1.84 bits per heavy atom. The van der Waals surface area contributed by atoms with Gasteiger partial charge in [-0.1, -0.05) is 29.8 Å². The Morgan fingerprint density at radius 3 is 2.56 bits per heavy atom. The van der Waals surface area contributed by atoms with Gasteiger partial charge in [0.15, 0.2) is 0 Å². The van der Waals surface area contributed by atoms with Crippen LogP contribution >= 0.6 is 36.0 Å². The van der Waals surface area contributed by atoms with Crippen LogP contribution in [0.2, 0.25) is 5.02 Å². The second-order valence-corrected chi connectivity index (χ2v) is 5.90. The molecule has 130 valence electrons. The summed E-state index contributed by atoms with van der Waals surface area (Å²) < 4.78 is 0. The second kappa shape index (κ2) is 9.23. The van der Waals surface area contributed by atoms with Gasteiger partial charge in [-0.2, -0.15) is 0 Å². The monoisotopic (exact) mass is 394 g/mol. The van der Waals surface area contributed by atoms with Crippen molar-refractivity contribution in [3.8, 4) is 0 Å². The number of hydroxylamine groups is 2. The zero-order valence-electron chi connectivity index (χ0n) is 13.1. The highest BCUT2D eigenvalue weighted by Crippen LogP contribution is 2.20. The number of hydrazine groups is 1. The van der Waals surface area contributed by atoms with Crippen LogP contribution < -0.4 is 16.2 Å². The van der Waals surface area contributed by atoms with Gasteiger partial charge < -0.3 is 10.7 Å². The van der Waals surface area contributed by atoms with Gasteiger partial charge in [-0.25, -0.2) is 5.06 Å². The lowest BCUT2D eigenvalue weighted by Gasteiger charge is -2.19. The smallest absolute Gasteiger partial charge is 0.232 e. The molecule has 1 aromatic rings. The molecule has 1 heterocycles. The van der Waals surface area contributed by atoms with Gasteiger partial charge in [-0.15, -0.1) is 10.2 Å². The molecule has 0 fully saturated rings. The summed E-state index contributed by atoms with van der Waals surface area (Å²) in [6.45, 7) is 1.76. The molecule has 25 heavy (non-hydrogen) atoms. The van der Waals surface area contributed by atoms with E-state index < -0.39 is 0 Å². The number of hydrogen-bond acceptors (Lipinski definition) is 5. The lowest BCUT2D eigenvalue weighted by Crippen LogP contribution is -2.35. The van der Waals surface area contributed by atoms with Crippen LogP contribution in [0.5, 0.6) is 0 Å². The highest BCUT2D eigenvalue weighted by molar-refractivity contribution is 7.80. The first-order chi connectivity index (χ1) is 12.0. The van der Waals surface area contributed by atoms with Crippen LogP contribution in [0.4, 0.5) is 5.69 Å². The number of benzene rings is 1. The van der Waals surface area contributed by atoms with Gasteiger partial charge in [0.2, 0.25) is 10.2 Å². The van der Waals surface area contributed by atoms with Crippen molar-refractivity contribution in [1.29, 1.82) is 0 Å². The van der Waals surface area contributed by atoms with Crippen LogP contribution in [0.15, 0.2) is 70.3 Å². The Kier molecular flexibility index (Phi) is 7.02. The van der Waals surface area contributed by atoms with Crippen molar-refractivity contribution in [3.05, 3.63) is 65.1 Å². The summed E-state index contributed by atoms with van der Waals surface area (Å²) in [5.74, 6) is 0. The summed E-state index contributed by atoms with van der Waals surface area (Å²) in [6.07, 6.45) is 6.74. The molecule has 0 spiro atoms. The molecule has 0 radical (unpaired) electrons. The van der Waals surface area contributed by atoms with Crippen LogP contribution in [0.1, 0.15) is 6.92 Å². The fraction of sp³-hybridized carbons (Fsp3) is 0.0667. The van der Waals surface area contributed by atoms with E-state index in [-0.39, 0.29) is 10.2 Å². The molecule has 0 unspecified atom stereocenters. The van der Waals surface area contributed by atoms with E-state index in [1.54, 1.807) is 37.3 Å². The first-order valence-corrected chi connectivity index (χ1v) is 8.24. The van der Waals surface area contributed by atoms with Crippen LogP contribution in [0.3, 0.4) is 0 Å². The highest BCUT2D eigenvalue weighted by Gasteiger charge is 2.07. The Morgan fingerprint density at radius 1 is 1.12 bits per heavy atom. The van der Waals surface area contributed by atoms with Crippen molar-refractivity contribution < 1.29 is 5.21 Å². The molecule has 2 rings (SSSR count). The molecule has 0 saturated heterocycles. The van der Waals surface area contributed by atoms with E-state index in [1.165, 1.54) is 6.20 Å². The van der Waals surface area contributed by atoms with Gasteiger partial charge in [0, 0.05) is 6.20 Å². The Balaban J connectivity index is 1.85. The van der Waals surface area contributed by atoms with Crippen molar-refractivity contribution in [2.75, 3.05) is 5.32 Å².